The number of hydrogen-bond acceptors (Lipinski definition) is 2. The van der Waals surface area contributed by atoms with Crippen molar-refractivity contribution in [2.24, 2.45) is 0 Å². The van der Waals surface area contributed by atoms with Gasteiger partial charge < -0.3 is 10.0 Å². The number of rotatable bonds is 4. The molecule has 3 nitrogen and oxygen atoms in total. The molecule has 0 unspecified atom stereocenters. The lowest BCUT2D eigenvalue weighted by atomic mass is 10.1. The van der Waals surface area contributed by atoms with Crippen molar-refractivity contribution in [3.8, 4) is 5.75 Å². The molecule has 0 aliphatic carbocycles. The van der Waals surface area contributed by atoms with Gasteiger partial charge in [0, 0.05) is 13.6 Å². The van der Waals surface area contributed by atoms with Gasteiger partial charge in [0.05, 0.1) is 12.8 Å². The van der Waals surface area contributed by atoms with E-state index in [0.717, 1.165) is 4.90 Å². The predicted molar refractivity (Wildman–Crippen MR) is 60.1 cm³/mol. The normalized spacial score (nSPS) is 11.3. The Morgan fingerprint density at radius 3 is 2.61 bits per heavy atom. The highest BCUT2D eigenvalue weighted by molar-refractivity contribution is 5.78. The highest BCUT2D eigenvalue weighted by Gasteiger charge is 2.27. The number of phenolic OH excluding ortho intramolecular Hbond substituents is 1. The van der Waals surface area contributed by atoms with Gasteiger partial charge in [-0.3, -0.25) is 4.79 Å². The van der Waals surface area contributed by atoms with Crippen molar-refractivity contribution in [1.29, 1.82) is 0 Å². The van der Waals surface area contributed by atoms with Gasteiger partial charge in [-0.05, 0) is 17.7 Å². The molecule has 0 saturated heterocycles. The minimum absolute atomic E-state index is 0.0250. The molecule has 18 heavy (non-hydrogen) atoms. The number of alkyl halides is 3. The summed E-state index contributed by atoms with van der Waals surface area (Å²) in [5, 5.41) is 9.20. The molecular formula is C12H14F3NO2. The number of nitrogens with zero attached hydrogens (tertiary/aromatic N) is 1. The molecule has 1 N–H and O–H groups in total. The van der Waals surface area contributed by atoms with Crippen molar-refractivity contribution in [3.05, 3.63) is 29.8 Å². The van der Waals surface area contributed by atoms with Crippen LogP contribution in [0.15, 0.2) is 24.3 Å². The molecule has 0 heterocycles. The number of likely N-dealkylation sites (N-methyl/N-ethyl adjacent to an activating group) is 1. The molecule has 0 bridgehead atoms. The zero-order valence-corrected chi connectivity index (χ0v) is 9.87. The first-order valence-corrected chi connectivity index (χ1v) is 5.36. The Morgan fingerprint density at radius 2 is 2.06 bits per heavy atom. The number of carbonyl (C=O) groups excluding carboxylic acids is 1. The Morgan fingerprint density at radius 1 is 1.39 bits per heavy atom. The molecule has 1 amide bonds. The quantitative estimate of drug-likeness (QED) is 0.903. The maximum atomic E-state index is 12.0. The molecule has 0 aromatic heterocycles. The second kappa shape index (κ2) is 5.75. The van der Waals surface area contributed by atoms with Gasteiger partial charge in [0.15, 0.2) is 0 Å². The molecule has 100 valence electrons. The van der Waals surface area contributed by atoms with Gasteiger partial charge in [0.1, 0.15) is 5.75 Å². The van der Waals surface area contributed by atoms with Crippen molar-refractivity contribution in [1.82, 2.24) is 4.90 Å². The third-order valence-electron chi connectivity index (χ3n) is 2.42. The summed E-state index contributed by atoms with van der Waals surface area (Å²) < 4.78 is 36.0. The van der Waals surface area contributed by atoms with E-state index in [9.17, 15) is 23.1 Å². The Balaban J connectivity index is 2.50. The SMILES string of the molecule is CN(CCC(F)(F)F)C(=O)Cc1cccc(O)c1. The largest absolute Gasteiger partial charge is 0.508 e. The third kappa shape index (κ3) is 5.07. The van der Waals surface area contributed by atoms with E-state index in [1.807, 2.05) is 0 Å². The lowest BCUT2D eigenvalue weighted by molar-refractivity contribution is -0.143. The summed E-state index contributed by atoms with van der Waals surface area (Å²) in [6.07, 6.45) is -5.31. The number of carbonyl (C=O) groups is 1. The summed E-state index contributed by atoms with van der Waals surface area (Å²) in [5.41, 5.74) is 0.568. The molecule has 1 rings (SSSR count). The Labute approximate surface area is 103 Å². The molecular weight excluding hydrogens is 247 g/mol. The van der Waals surface area contributed by atoms with Crippen LogP contribution in [0.3, 0.4) is 0 Å². The van der Waals surface area contributed by atoms with Gasteiger partial charge in [-0.2, -0.15) is 13.2 Å². The number of amides is 1. The molecule has 0 spiro atoms. The first kappa shape index (κ1) is 14.3. The topological polar surface area (TPSA) is 40.5 Å². The van der Waals surface area contributed by atoms with Crippen molar-refractivity contribution in [3.63, 3.8) is 0 Å². The van der Waals surface area contributed by atoms with Gasteiger partial charge in [-0.25, -0.2) is 0 Å². The number of halogens is 3. The van der Waals surface area contributed by atoms with Crippen LogP contribution in [0.4, 0.5) is 13.2 Å². The lowest BCUT2D eigenvalue weighted by Crippen LogP contribution is -2.31. The highest BCUT2D eigenvalue weighted by atomic mass is 19.4. The van der Waals surface area contributed by atoms with E-state index in [1.54, 1.807) is 12.1 Å². The van der Waals surface area contributed by atoms with Crippen LogP contribution in [-0.2, 0) is 11.2 Å². The van der Waals surface area contributed by atoms with Gasteiger partial charge >= 0.3 is 6.18 Å². The zero-order chi connectivity index (χ0) is 13.8. The van der Waals surface area contributed by atoms with Crippen LogP contribution in [0.25, 0.3) is 0 Å². The van der Waals surface area contributed by atoms with Gasteiger partial charge in [0.25, 0.3) is 0 Å². The van der Waals surface area contributed by atoms with Crippen LogP contribution in [0.1, 0.15) is 12.0 Å². The number of benzene rings is 1. The predicted octanol–water partition coefficient (Wildman–Crippen LogP) is 2.35. The molecule has 0 atom stereocenters. The molecule has 1 aromatic rings. The summed E-state index contributed by atoms with van der Waals surface area (Å²) in [6.45, 7) is -0.360. The summed E-state index contributed by atoms with van der Waals surface area (Å²) in [5.74, 6) is -0.386. The first-order valence-electron chi connectivity index (χ1n) is 5.36. The maximum Gasteiger partial charge on any atom is 0.390 e. The molecule has 6 heteroatoms. The van der Waals surface area contributed by atoms with Gasteiger partial charge in [-0.1, -0.05) is 12.1 Å². The fourth-order valence-corrected chi connectivity index (χ4v) is 1.40. The Hall–Kier alpha value is -1.72. The van der Waals surface area contributed by atoms with Gasteiger partial charge in [-0.15, -0.1) is 0 Å². The Kier molecular flexibility index (Phi) is 4.58. The standard InChI is InChI=1S/C12H14F3NO2/c1-16(6-5-12(13,14)15)11(18)8-9-3-2-4-10(17)7-9/h2-4,7,17H,5-6,8H2,1H3. The highest BCUT2D eigenvalue weighted by Crippen LogP contribution is 2.19. The second-order valence-electron chi connectivity index (χ2n) is 4.03. The molecule has 0 saturated carbocycles. The zero-order valence-electron chi connectivity index (χ0n) is 9.87. The third-order valence-corrected chi connectivity index (χ3v) is 2.42. The smallest absolute Gasteiger partial charge is 0.390 e. The fourth-order valence-electron chi connectivity index (χ4n) is 1.40. The van der Waals surface area contributed by atoms with E-state index in [-0.39, 0.29) is 18.7 Å². The van der Waals surface area contributed by atoms with E-state index in [1.165, 1.54) is 19.2 Å². The van der Waals surface area contributed by atoms with Crippen molar-refractivity contribution in [2.75, 3.05) is 13.6 Å². The summed E-state index contributed by atoms with van der Waals surface area (Å²) in [6, 6.07) is 6.08. The van der Waals surface area contributed by atoms with Crippen LogP contribution in [-0.4, -0.2) is 35.7 Å². The maximum absolute atomic E-state index is 12.0. The van der Waals surface area contributed by atoms with E-state index in [0.29, 0.717) is 5.56 Å². The summed E-state index contributed by atoms with van der Waals surface area (Å²) in [4.78, 5) is 12.7. The molecule has 0 aliphatic rings. The van der Waals surface area contributed by atoms with Crippen LogP contribution in [0.5, 0.6) is 5.75 Å². The first-order chi connectivity index (χ1) is 8.28. The summed E-state index contributed by atoms with van der Waals surface area (Å²) in [7, 11) is 1.33. The molecule has 0 fully saturated rings. The number of phenols is 1. The molecule has 0 aliphatic heterocycles. The minimum atomic E-state index is -4.26. The monoisotopic (exact) mass is 261 g/mol. The summed E-state index contributed by atoms with van der Waals surface area (Å²) >= 11 is 0. The van der Waals surface area contributed by atoms with Crippen molar-refractivity contribution in [2.45, 2.75) is 19.0 Å². The van der Waals surface area contributed by atoms with E-state index >= 15 is 0 Å². The van der Waals surface area contributed by atoms with Crippen LogP contribution in [0.2, 0.25) is 0 Å². The number of aromatic hydroxyl groups is 1. The molecule has 1 aromatic carbocycles. The van der Waals surface area contributed by atoms with E-state index in [2.05, 4.69) is 0 Å². The lowest BCUT2D eigenvalue weighted by Gasteiger charge is -2.18. The van der Waals surface area contributed by atoms with Gasteiger partial charge in [0.2, 0.25) is 5.91 Å². The molecule has 0 radical (unpaired) electrons. The minimum Gasteiger partial charge on any atom is -0.508 e. The van der Waals surface area contributed by atoms with Crippen molar-refractivity contribution >= 4 is 5.91 Å². The average Bonchev–Trinajstić information content (AvgIpc) is 2.24. The van der Waals surface area contributed by atoms with Crippen LogP contribution >= 0.6 is 0 Å². The van der Waals surface area contributed by atoms with E-state index in [4.69, 9.17) is 0 Å². The van der Waals surface area contributed by atoms with Crippen LogP contribution < -0.4 is 0 Å². The number of hydrogen-bond donors (Lipinski definition) is 1. The fraction of sp³-hybridized carbons (Fsp3) is 0.417. The van der Waals surface area contributed by atoms with Crippen molar-refractivity contribution < 1.29 is 23.1 Å². The van der Waals surface area contributed by atoms with Crippen LogP contribution in [0, 0.1) is 0 Å². The van der Waals surface area contributed by atoms with E-state index < -0.39 is 18.5 Å². The average molecular weight is 261 g/mol. The second-order valence-corrected chi connectivity index (χ2v) is 4.03. The Bertz CT molecular complexity index is 418.